The van der Waals surface area contributed by atoms with Crippen molar-refractivity contribution in [1.82, 2.24) is 14.9 Å². The Morgan fingerprint density at radius 1 is 1.45 bits per heavy atom. The molecule has 1 atom stereocenters. The van der Waals surface area contributed by atoms with Crippen LogP contribution < -0.4 is 11.0 Å². The Labute approximate surface area is 114 Å². The molecule has 0 spiro atoms. The Morgan fingerprint density at radius 2 is 2.15 bits per heavy atom. The normalized spacial score (nSPS) is 12.3. The van der Waals surface area contributed by atoms with Crippen LogP contribution in [0.5, 0.6) is 0 Å². The van der Waals surface area contributed by atoms with Crippen molar-refractivity contribution < 1.29 is 14.7 Å². The van der Waals surface area contributed by atoms with E-state index in [9.17, 15) is 14.4 Å². The molecule has 7 nitrogen and oxygen atoms in total. The molecule has 1 amide bonds. The van der Waals surface area contributed by atoms with Crippen LogP contribution in [0.1, 0.15) is 30.2 Å². The maximum atomic E-state index is 12.0. The average Bonchev–Trinajstić information content (AvgIpc) is 2.73. The third-order valence-corrected chi connectivity index (χ3v) is 3.10. The van der Waals surface area contributed by atoms with Gasteiger partial charge >= 0.3 is 11.7 Å². The molecule has 7 heteroatoms. The predicted octanol–water partition coefficient (Wildman–Crippen LogP) is 0.725. The van der Waals surface area contributed by atoms with Gasteiger partial charge in [-0.2, -0.15) is 0 Å². The molecule has 1 unspecified atom stereocenters. The number of nitrogens with zero attached hydrogens (tertiary/aromatic N) is 1. The number of fused-ring (bicyclic) bond motifs is 1. The molecule has 0 saturated heterocycles. The third-order valence-electron chi connectivity index (χ3n) is 3.10. The summed E-state index contributed by atoms with van der Waals surface area (Å²) in [6, 6.07) is 3.83. The topological polar surface area (TPSA) is 104 Å². The molecule has 2 aromatic rings. The number of amides is 1. The van der Waals surface area contributed by atoms with Gasteiger partial charge in [0.15, 0.2) is 0 Å². The molecule has 0 aliphatic rings. The first-order chi connectivity index (χ1) is 9.47. The largest absolute Gasteiger partial charge is 0.478 e. The van der Waals surface area contributed by atoms with E-state index in [-0.39, 0.29) is 17.0 Å². The molecule has 1 heterocycles. The minimum atomic E-state index is -1.13. The molecule has 0 fully saturated rings. The van der Waals surface area contributed by atoms with E-state index in [1.807, 2.05) is 0 Å². The molecule has 0 aliphatic carbocycles. The van der Waals surface area contributed by atoms with Crippen molar-refractivity contribution in [3.05, 3.63) is 34.2 Å². The molecule has 0 bridgehead atoms. The summed E-state index contributed by atoms with van der Waals surface area (Å²) in [4.78, 5) is 37.5. The van der Waals surface area contributed by atoms with E-state index in [0.29, 0.717) is 12.1 Å². The van der Waals surface area contributed by atoms with Crippen molar-refractivity contribution >= 4 is 22.9 Å². The van der Waals surface area contributed by atoms with Gasteiger partial charge < -0.3 is 15.4 Å². The van der Waals surface area contributed by atoms with E-state index in [2.05, 4.69) is 10.3 Å². The fraction of sp³-hybridized carbons (Fsp3) is 0.308. The number of aromatic nitrogens is 2. The van der Waals surface area contributed by atoms with Crippen molar-refractivity contribution in [2.24, 2.45) is 0 Å². The minimum absolute atomic E-state index is 0.00134. The third kappa shape index (κ3) is 2.18. The lowest BCUT2D eigenvalue weighted by Gasteiger charge is -2.12. The van der Waals surface area contributed by atoms with Crippen LogP contribution in [0, 0.1) is 0 Å². The molecule has 0 radical (unpaired) electrons. The van der Waals surface area contributed by atoms with Crippen molar-refractivity contribution in [2.75, 3.05) is 6.54 Å². The molecule has 0 aliphatic heterocycles. The first-order valence-corrected chi connectivity index (χ1v) is 6.21. The second-order valence-corrected chi connectivity index (χ2v) is 4.38. The Morgan fingerprint density at radius 3 is 2.75 bits per heavy atom. The van der Waals surface area contributed by atoms with Crippen LogP contribution in [0.2, 0.25) is 0 Å². The molecule has 0 saturated carbocycles. The number of carboxylic acid groups (broad SMARTS) is 1. The molecular weight excluding hydrogens is 262 g/mol. The number of carboxylic acids is 1. The Bertz CT molecular complexity index is 729. The first kappa shape index (κ1) is 13.9. The fourth-order valence-corrected chi connectivity index (χ4v) is 2.15. The smallest absolute Gasteiger partial charge is 0.337 e. The number of H-pyrrole nitrogens is 1. The molecule has 1 aromatic heterocycles. The lowest BCUT2D eigenvalue weighted by atomic mass is 10.2. The van der Waals surface area contributed by atoms with Gasteiger partial charge in [-0.25, -0.2) is 9.59 Å². The van der Waals surface area contributed by atoms with Crippen LogP contribution >= 0.6 is 0 Å². The summed E-state index contributed by atoms with van der Waals surface area (Å²) >= 11 is 0. The number of hydrogen-bond acceptors (Lipinski definition) is 3. The van der Waals surface area contributed by atoms with Gasteiger partial charge in [0, 0.05) is 6.54 Å². The highest BCUT2D eigenvalue weighted by atomic mass is 16.4. The quantitative estimate of drug-likeness (QED) is 0.766. The fourth-order valence-electron chi connectivity index (χ4n) is 2.15. The first-order valence-electron chi connectivity index (χ1n) is 6.21. The lowest BCUT2D eigenvalue weighted by molar-refractivity contribution is -0.123. The zero-order valence-corrected chi connectivity index (χ0v) is 11.1. The van der Waals surface area contributed by atoms with Gasteiger partial charge in [-0.3, -0.25) is 9.36 Å². The van der Waals surface area contributed by atoms with Crippen molar-refractivity contribution in [3.63, 3.8) is 0 Å². The molecule has 2 rings (SSSR count). The Kier molecular flexibility index (Phi) is 3.60. The number of benzene rings is 1. The molecule has 3 N–H and O–H groups in total. The number of imidazole rings is 1. The van der Waals surface area contributed by atoms with Gasteiger partial charge in [-0.15, -0.1) is 0 Å². The predicted molar refractivity (Wildman–Crippen MR) is 72.9 cm³/mol. The van der Waals surface area contributed by atoms with E-state index in [4.69, 9.17) is 5.11 Å². The Hall–Kier alpha value is -2.57. The van der Waals surface area contributed by atoms with Crippen LogP contribution in [0.15, 0.2) is 23.0 Å². The van der Waals surface area contributed by atoms with Crippen LogP contribution in [-0.4, -0.2) is 33.1 Å². The number of hydrogen-bond donors (Lipinski definition) is 3. The minimum Gasteiger partial charge on any atom is -0.478 e. The van der Waals surface area contributed by atoms with Crippen molar-refractivity contribution in [3.8, 4) is 0 Å². The molecule has 106 valence electrons. The van der Waals surface area contributed by atoms with E-state index < -0.39 is 17.7 Å². The second-order valence-electron chi connectivity index (χ2n) is 4.38. The number of nitrogens with one attached hydrogen (secondary N) is 2. The monoisotopic (exact) mass is 277 g/mol. The van der Waals surface area contributed by atoms with E-state index in [0.717, 1.165) is 0 Å². The van der Waals surface area contributed by atoms with Crippen LogP contribution in [0.4, 0.5) is 0 Å². The molecule has 1 aromatic carbocycles. The summed E-state index contributed by atoms with van der Waals surface area (Å²) in [6.07, 6.45) is 0. The van der Waals surface area contributed by atoms with Gasteiger partial charge in [0.1, 0.15) is 6.04 Å². The number of aromatic amines is 1. The van der Waals surface area contributed by atoms with E-state index in [1.165, 1.54) is 10.6 Å². The maximum absolute atomic E-state index is 12.0. The van der Waals surface area contributed by atoms with Gasteiger partial charge in [-0.05, 0) is 26.0 Å². The van der Waals surface area contributed by atoms with Gasteiger partial charge in [0.2, 0.25) is 5.91 Å². The number of rotatable bonds is 4. The summed E-state index contributed by atoms with van der Waals surface area (Å²) in [7, 11) is 0. The molecular formula is C13H15N3O4. The van der Waals surface area contributed by atoms with Crippen molar-refractivity contribution in [2.45, 2.75) is 19.9 Å². The number of likely N-dealkylation sites (N-methyl/N-ethyl adjacent to an activating group) is 1. The standard InChI is InChI=1S/C13H15N3O4/c1-3-14-11(17)7(2)16-9-6-4-5-8(12(18)19)10(9)15-13(16)20/h4-7H,3H2,1-2H3,(H,14,17)(H,15,20)(H,18,19). The number of aromatic carboxylic acids is 1. The van der Waals surface area contributed by atoms with Crippen LogP contribution in [0.25, 0.3) is 11.0 Å². The summed E-state index contributed by atoms with van der Waals surface area (Å²) in [5.74, 6) is -1.43. The zero-order chi connectivity index (χ0) is 14.9. The Balaban J connectivity index is 2.63. The van der Waals surface area contributed by atoms with Gasteiger partial charge in [-0.1, -0.05) is 6.07 Å². The highest BCUT2D eigenvalue weighted by Gasteiger charge is 2.21. The molecule has 20 heavy (non-hydrogen) atoms. The summed E-state index contributed by atoms with van der Waals surface area (Å²) in [6.45, 7) is 3.83. The number of para-hydroxylation sites is 1. The van der Waals surface area contributed by atoms with Crippen molar-refractivity contribution in [1.29, 1.82) is 0 Å². The van der Waals surface area contributed by atoms with Crippen LogP contribution in [-0.2, 0) is 4.79 Å². The second kappa shape index (κ2) is 5.20. The lowest BCUT2D eigenvalue weighted by Crippen LogP contribution is -2.34. The SMILES string of the molecule is CCNC(=O)C(C)n1c(=O)[nH]c2c(C(=O)O)cccc21. The summed E-state index contributed by atoms with van der Waals surface area (Å²) in [5.41, 5.74) is 0.115. The van der Waals surface area contributed by atoms with E-state index in [1.54, 1.807) is 26.0 Å². The highest BCUT2D eigenvalue weighted by Crippen LogP contribution is 2.18. The van der Waals surface area contributed by atoms with Gasteiger partial charge in [0.25, 0.3) is 0 Å². The average molecular weight is 277 g/mol. The zero-order valence-electron chi connectivity index (χ0n) is 11.1. The summed E-state index contributed by atoms with van der Waals surface area (Å²) in [5, 5.41) is 11.7. The van der Waals surface area contributed by atoms with Crippen LogP contribution in [0.3, 0.4) is 0 Å². The van der Waals surface area contributed by atoms with Gasteiger partial charge in [0.05, 0.1) is 16.6 Å². The van der Waals surface area contributed by atoms with E-state index >= 15 is 0 Å². The number of carbonyl (C=O) groups is 2. The number of carbonyl (C=O) groups excluding carboxylic acids is 1. The maximum Gasteiger partial charge on any atom is 0.337 e. The summed E-state index contributed by atoms with van der Waals surface area (Å²) < 4.78 is 1.26. The highest BCUT2D eigenvalue weighted by molar-refractivity contribution is 6.01.